The van der Waals surface area contributed by atoms with Gasteiger partial charge in [-0.15, -0.1) is 0 Å². The summed E-state index contributed by atoms with van der Waals surface area (Å²) in [6.07, 6.45) is 0.459. The number of nitrogens with zero attached hydrogens (tertiary/aromatic N) is 2. The molecule has 1 heterocycles. The number of rotatable bonds is 5. The van der Waals surface area contributed by atoms with Crippen molar-refractivity contribution in [2.75, 3.05) is 11.9 Å². The second kappa shape index (κ2) is 8.03. The van der Waals surface area contributed by atoms with Gasteiger partial charge in [-0.05, 0) is 34.4 Å². The van der Waals surface area contributed by atoms with Crippen LogP contribution in [0.4, 0.5) is 10.6 Å². The number of benzene rings is 3. The fourth-order valence-electron chi connectivity index (χ4n) is 4.12. The maximum Gasteiger partial charge on any atom is 0.412 e. The lowest BCUT2D eigenvalue weighted by molar-refractivity contribution is 0.0698. The molecule has 7 heteroatoms. The Bertz CT molecular complexity index is 1270. The number of amides is 1. The van der Waals surface area contributed by atoms with Crippen molar-refractivity contribution in [3.8, 4) is 16.8 Å². The predicted octanol–water partition coefficient (Wildman–Crippen LogP) is 4.93. The van der Waals surface area contributed by atoms with Gasteiger partial charge >= 0.3 is 12.1 Å². The van der Waals surface area contributed by atoms with Crippen LogP contribution in [0.25, 0.3) is 16.8 Å². The number of nitrogens with one attached hydrogen (secondary N) is 1. The fourth-order valence-corrected chi connectivity index (χ4v) is 4.12. The van der Waals surface area contributed by atoms with Gasteiger partial charge in [-0.3, -0.25) is 5.32 Å². The molecule has 2 N–H and O–H groups in total. The molecule has 0 unspecified atom stereocenters. The van der Waals surface area contributed by atoms with E-state index < -0.39 is 12.1 Å². The zero-order valence-corrected chi connectivity index (χ0v) is 16.9. The molecule has 0 radical (unpaired) electrons. The molecule has 4 aromatic rings. The molecule has 1 aliphatic rings. The minimum atomic E-state index is -1.19. The van der Waals surface area contributed by atoms with Gasteiger partial charge in [0.05, 0.1) is 11.9 Å². The Kier molecular flexibility index (Phi) is 4.91. The van der Waals surface area contributed by atoms with E-state index in [-0.39, 0.29) is 23.9 Å². The number of carboxylic acid groups (broad SMARTS) is 1. The lowest BCUT2D eigenvalue weighted by atomic mass is 9.98. The Morgan fingerprint density at radius 1 is 0.906 bits per heavy atom. The van der Waals surface area contributed by atoms with E-state index in [0.717, 1.165) is 22.3 Å². The molecular weight excluding hydrogens is 406 g/mol. The Balaban J connectivity index is 1.38. The minimum Gasteiger partial charge on any atom is -0.477 e. The van der Waals surface area contributed by atoms with Gasteiger partial charge in [0.2, 0.25) is 0 Å². The third-order valence-corrected chi connectivity index (χ3v) is 5.56. The minimum absolute atomic E-state index is 0.0425. The summed E-state index contributed by atoms with van der Waals surface area (Å²) in [7, 11) is 0. The molecule has 3 aromatic carbocycles. The van der Waals surface area contributed by atoms with Crippen LogP contribution in [0.5, 0.6) is 0 Å². The topological polar surface area (TPSA) is 93.5 Å². The highest BCUT2D eigenvalue weighted by Crippen LogP contribution is 2.44. The van der Waals surface area contributed by atoms with Gasteiger partial charge < -0.3 is 9.84 Å². The summed E-state index contributed by atoms with van der Waals surface area (Å²) < 4.78 is 6.92. The van der Waals surface area contributed by atoms with Gasteiger partial charge in [-0.2, -0.15) is 5.10 Å². The van der Waals surface area contributed by atoms with Crippen LogP contribution in [-0.4, -0.2) is 33.6 Å². The number of anilines is 1. The average molecular weight is 425 g/mol. The summed E-state index contributed by atoms with van der Waals surface area (Å²) in [4.78, 5) is 24.3. The zero-order valence-electron chi connectivity index (χ0n) is 16.9. The molecule has 0 fully saturated rings. The molecule has 0 saturated carbocycles. The number of aromatic carboxylic acids is 1. The maximum atomic E-state index is 12.7. The third kappa shape index (κ3) is 3.39. The van der Waals surface area contributed by atoms with Crippen LogP contribution in [0, 0.1) is 0 Å². The van der Waals surface area contributed by atoms with Gasteiger partial charge in [0, 0.05) is 5.92 Å². The summed E-state index contributed by atoms with van der Waals surface area (Å²) in [5.74, 6) is -1.24. The summed E-state index contributed by atoms with van der Waals surface area (Å²) >= 11 is 0. The highest BCUT2D eigenvalue weighted by atomic mass is 16.5. The van der Waals surface area contributed by atoms with E-state index in [1.165, 1.54) is 10.9 Å². The highest BCUT2D eigenvalue weighted by molar-refractivity contribution is 5.97. The summed E-state index contributed by atoms with van der Waals surface area (Å²) in [5.41, 5.74) is 4.96. The first-order valence-corrected chi connectivity index (χ1v) is 10.1. The smallest absolute Gasteiger partial charge is 0.412 e. The van der Waals surface area contributed by atoms with Crippen LogP contribution in [0.1, 0.15) is 27.4 Å². The first kappa shape index (κ1) is 19.6. The largest absolute Gasteiger partial charge is 0.477 e. The maximum absolute atomic E-state index is 12.7. The molecule has 1 aliphatic carbocycles. The lowest BCUT2D eigenvalue weighted by Gasteiger charge is -2.15. The van der Waals surface area contributed by atoms with E-state index in [4.69, 9.17) is 4.74 Å². The lowest BCUT2D eigenvalue weighted by Crippen LogP contribution is -2.21. The van der Waals surface area contributed by atoms with Crippen LogP contribution >= 0.6 is 0 Å². The molecule has 158 valence electrons. The average Bonchev–Trinajstić information content (AvgIpc) is 3.38. The van der Waals surface area contributed by atoms with Crippen LogP contribution in [0.15, 0.2) is 85.1 Å². The van der Waals surface area contributed by atoms with E-state index in [0.29, 0.717) is 5.69 Å². The number of carboxylic acids is 1. The number of hydrogen-bond acceptors (Lipinski definition) is 4. The van der Waals surface area contributed by atoms with Crippen molar-refractivity contribution in [1.82, 2.24) is 9.78 Å². The second-order valence-electron chi connectivity index (χ2n) is 7.41. The molecule has 0 saturated heterocycles. The molecule has 7 nitrogen and oxygen atoms in total. The molecule has 1 amide bonds. The normalized spacial score (nSPS) is 12.1. The van der Waals surface area contributed by atoms with E-state index in [1.54, 1.807) is 24.3 Å². The van der Waals surface area contributed by atoms with Crippen LogP contribution in [-0.2, 0) is 4.74 Å². The van der Waals surface area contributed by atoms with E-state index in [9.17, 15) is 14.7 Å². The summed E-state index contributed by atoms with van der Waals surface area (Å²) in [6, 6.07) is 25.1. The van der Waals surface area contributed by atoms with E-state index in [2.05, 4.69) is 22.5 Å². The SMILES string of the molecule is O=C(Nc1c(C(=O)O)cnn1-c1ccccc1)OCC1c2ccccc2-c2ccccc21. The standard InChI is InChI=1S/C25H19N3O4/c29-24(30)21-14-26-28(16-8-2-1-3-9-16)23(21)27-25(31)32-15-22-19-12-6-4-10-17(19)18-11-5-7-13-20(18)22/h1-14,22H,15H2,(H,27,31)(H,29,30). The Labute approximate surface area is 183 Å². The molecule has 5 rings (SSSR count). The van der Waals surface area contributed by atoms with Crippen molar-refractivity contribution < 1.29 is 19.4 Å². The molecule has 0 bridgehead atoms. The number of carbonyl (C=O) groups is 2. The molecule has 0 aliphatic heterocycles. The van der Waals surface area contributed by atoms with Gasteiger partial charge in [-0.1, -0.05) is 66.7 Å². The summed E-state index contributed by atoms with van der Waals surface area (Å²) in [6.45, 7) is 0.127. The molecule has 1 aromatic heterocycles. The van der Waals surface area contributed by atoms with Gasteiger partial charge in [0.15, 0.2) is 5.82 Å². The number of carbonyl (C=O) groups excluding carboxylic acids is 1. The quantitative estimate of drug-likeness (QED) is 0.473. The third-order valence-electron chi connectivity index (χ3n) is 5.56. The molecule has 32 heavy (non-hydrogen) atoms. The van der Waals surface area contributed by atoms with Crippen molar-refractivity contribution in [3.63, 3.8) is 0 Å². The van der Waals surface area contributed by atoms with Gasteiger partial charge in [-0.25, -0.2) is 14.3 Å². The van der Waals surface area contributed by atoms with Crippen molar-refractivity contribution in [3.05, 3.63) is 102 Å². The number of hydrogen-bond donors (Lipinski definition) is 2. The molecule has 0 atom stereocenters. The van der Waals surface area contributed by atoms with Crippen molar-refractivity contribution in [1.29, 1.82) is 0 Å². The molecular formula is C25H19N3O4. The monoisotopic (exact) mass is 425 g/mol. The Hall–Kier alpha value is -4.39. The van der Waals surface area contributed by atoms with Crippen LogP contribution < -0.4 is 5.32 Å². The van der Waals surface area contributed by atoms with Gasteiger partial charge in [0.25, 0.3) is 0 Å². The first-order chi connectivity index (χ1) is 15.6. The fraction of sp³-hybridized carbons (Fsp3) is 0.0800. The number of ether oxygens (including phenoxy) is 1. The van der Waals surface area contributed by atoms with E-state index in [1.807, 2.05) is 42.5 Å². The zero-order chi connectivity index (χ0) is 22.1. The predicted molar refractivity (Wildman–Crippen MR) is 119 cm³/mol. The number of para-hydroxylation sites is 1. The van der Waals surface area contributed by atoms with Gasteiger partial charge in [0.1, 0.15) is 12.2 Å². The van der Waals surface area contributed by atoms with Crippen molar-refractivity contribution in [2.24, 2.45) is 0 Å². The van der Waals surface area contributed by atoms with Crippen LogP contribution in [0.2, 0.25) is 0 Å². The first-order valence-electron chi connectivity index (χ1n) is 10.1. The van der Waals surface area contributed by atoms with Crippen molar-refractivity contribution in [2.45, 2.75) is 5.92 Å². The summed E-state index contributed by atoms with van der Waals surface area (Å²) in [5, 5.41) is 16.2. The Morgan fingerprint density at radius 2 is 1.50 bits per heavy atom. The number of aromatic nitrogens is 2. The second-order valence-corrected chi connectivity index (χ2v) is 7.41. The van der Waals surface area contributed by atoms with Crippen LogP contribution in [0.3, 0.4) is 0 Å². The molecule has 0 spiro atoms. The van der Waals surface area contributed by atoms with E-state index >= 15 is 0 Å². The Morgan fingerprint density at radius 3 is 2.12 bits per heavy atom. The van der Waals surface area contributed by atoms with Crippen molar-refractivity contribution >= 4 is 17.9 Å². The number of fused-ring (bicyclic) bond motifs is 3. The highest BCUT2D eigenvalue weighted by Gasteiger charge is 2.29.